The van der Waals surface area contributed by atoms with Gasteiger partial charge >= 0.3 is 6.01 Å². The number of aromatic nitrogens is 3. The molecule has 6 nitrogen and oxygen atoms in total. The van der Waals surface area contributed by atoms with E-state index in [4.69, 9.17) is 26.8 Å². The van der Waals surface area contributed by atoms with Crippen molar-refractivity contribution in [3.8, 4) is 6.01 Å². The summed E-state index contributed by atoms with van der Waals surface area (Å²) in [6, 6.07) is 0.111. The van der Waals surface area contributed by atoms with Crippen LogP contribution < -0.4 is 10.5 Å². The summed E-state index contributed by atoms with van der Waals surface area (Å²) in [5.41, 5.74) is 5.35. The fourth-order valence-corrected chi connectivity index (χ4v) is 0.987. The van der Waals surface area contributed by atoms with Crippen molar-refractivity contribution in [1.29, 1.82) is 0 Å². The summed E-state index contributed by atoms with van der Waals surface area (Å²) >= 11 is 5.56. The Morgan fingerprint density at radius 3 is 2.60 bits per heavy atom. The van der Waals surface area contributed by atoms with Gasteiger partial charge in [-0.05, 0) is 25.4 Å². The maximum atomic E-state index is 5.56. The molecule has 1 aromatic heterocycles. The van der Waals surface area contributed by atoms with E-state index in [1.165, 1.54) is 0 Å². The molecule has 2 N–H and O–H groups in total. The second-order valence-corrected chi connectivity index (χ2v) is 3.35. The summed E-state index contributed by atoms with van der Waals surface area (Å²) in [7, 11) is 0. The molecule has 0 radical (unpaired) electrons. The van der Waals surface area contributed by atoms with Crippen LogP contribution in [0.5, 0.6) is 6.01 Å². The van der Waals surface area contributed by atoms with Crippen molar-refractivity contribution in [2.75, 3.05) is 18.9 Å². The van der Waals surface area contributed by atoms with Crippen LogP contribution >= 0.6 is 11.6 Å². The Morgan fingerprint density at radius 2 is 2.00 bits per heavy atom. The molecule has 0 amide bonds. The summed E-state index contributed by atoms with van der Waals surface area (Å²) in [6.45, 7) is 4.69. The van der Waals surface area contributed by atoms with E-state index in [0.717, 1.165) is 0 Å². The summed E-state index contributed by atoms with van der Waals surface area (Å²) in [5, 5.41) is 0.0160. The molecule has 0 aliphatic heterocycles. The molecule has 0 saturated heterocycles. The van der Waals surface area contributed by atoms with Gasteiger partial charge < -0.3 is 15.2 Å². The van der Waals surface area contributed by atoms with Crippen molar-refractivity contribution in [3.05, 3.63) is 5.28 Å². The fourth-order valence-electron chi connectivity index (χ4n) is 0.828. The standard InChI is InChI=1S/C8H13ClN4O2/c1-5(2)14-3-4-15-8-12-6(9)11-7(10)13-8/h5H,3-4H2,1-2H3,(H2,10,11,12,13). The van der Waals surface area contributed by atoms with Crippen molar-refractivity contribution < 1.29 is 9.47 Å². The number of hydrogen-bond donors (Lipinski definition) is 1. The number of hydrogen-bond acceptors (Lipinski definition) is 6. The molecule has 0 saturated carbocycles. The number of nitrogens with two attached hydrogens (primary N) is 1. The van der Waals surface area contributed by atoms with Crippen LogP contribution in [0.25, 0.3) is 0 Å². The van der Waals surface area contributed by atoms with Gasteiger partial charge in [-0.1, -0.05) is 0 Å². The highest BCUT2D eigenvalue weighted by atomic mass is 35.5. The minimum absolute atomic E-state index is 0.0160. The molecule has 7 heteroatoms. The van der Waals surface area contributed by atoms with Crippen LogP contribution in [-0.4, -0.2) is 34.3 Å². The van der Waals surface area contributed by atoms with Gasteiger partial charge in [-0.3, -0.25) is 0 Å². The maximum absolute atomic E-state index is 5.56. The first-order chi connectivity index (χ1) is 7.08. The summed E-state index contributed by atoms with van der Waals surface area (Å²) in [5.74, 6) is 0.0368. The molecular weight excluding hydrogens is 220 g/mol. The molecule has 1 aromatic rings. The monoisotopic (exact) mass is 232 g/mol. The second kappa shape index (κ2) is 5.67. The lowest BCUT2D eigenvalue weighted by molar-refractivity contribution is 0.0531. The second-order valence-electron chi connectivity index (χ2n) is 3.01. The van der Waals surface area contributed by atoms with E-state index >= 15 is 0 Å². The predicted molar refractivity (Wildman–Crippen MR) is 55.8 cm³/mol. The Balaban J connectivity index is 2.37. The van der Waals surface area contributed by atoms with E-state index in [-0.39, 0.29) is 23.3 Å². The van der Waals surface area contributed by atoms with E-state index in [9.17, 15) is 0 Å². The number of nitrogens with zero attached hydrogens (tertiary/aromatic N) is 3. The van der Waals surface area contributed by atoms with E-state index in [1.807, 2.05) is 13.8 Å². The molecule has 0 atom stereocenters. The van der Waals surface area contributed by atoms with Crippen LogP contribution in [0, 0.1) is 0 Å². The van der Waals surface area contributed by atoms with Crippen LogP contribution in [0.2, 0.25) is 5.28 Å². The topological polar surface area (TPSA) is 83.2 Å². The first-order valence-electron chi connectivity index (χ1n) is 4.49. The molecule has 0 unspecified atom stereocenters. The average molecular weight is 233 g/mol. The lowest BCUT2D eigenvalue weighted by Gasteiger charge is -2.07. The van der Waals surface area contributed by atoms with Gasteiger partial charge in [0.2, 0.25) is 11.2 Å². The SMILES string of the molecule is CC(C)OCCOc1nc(N)nc(Cl)n1. The van der Waals surface area contributed by atoms with E-state index < -0.39 is 0 Å². The summed E-state index contributed by atoms with van der Waals surface area (Å²) in [4.78, 5) is 11.1. The normalized spacial score (nSPS) is 10.7. The minimum atomic E-state index is 0.0160. The van der Waals surface area contributed by atoms with Crippen LogP contribution in [0.4, 0.5) is 5.95 Å². The van der Waals surface area contributed by atoms with Gasteiger partial charge in [-0.2, -0.15) is 15.0 Å². The van der Waals surface area contributed by atoms with E-state index in [2.05, 4.69) is 15.0 Å². The zero-order valence-corrected chi connectivity index (χ0v) is 9.36. The van der Waals surface area contributed by atoms with Gasteiger partial charge in [0.05, 0.1) is 12.7 Å². The Kier molecular flexibility index (Phi) is 4.51. The third-order valence-electron chi connectivity index (χ3n) is 1.37. The van der Waals surface area contributed by atoms with Crippen LogP contribution in [0.15, 0.2) is 0 Å². The van der Waals surface area contributed by atoms with Gasteiger partial charge in [0.25, 0.3) is 0 Å². The molecule has 0 spiro atoms. The van der Waals surface area contributed by atoms with Gasteiger partial charge in [-0.25, -0.2) is 0 Å². The third-order valence-corrected chi connectivity index (χ3v) is 1.54. The molecule has 84 valence electrons. The molecule has 0 aliphatic rings. The number of anilines is 1. The first-order valence-corrected chi connectivity index (χ1v) is 4.87. The van der Waals surface area contributed by atoms with Gasteiger partial charge in [0.15, 0.2) is 0 Å². The number of rotatable bonds is 5. The number of ether oxygens (including phenoxy) is 2. The quantitative estimate of drug-likeness (QED) is 0.760. The Morgan fingerprint density at radius 1 is 1.27 bits per heavy atom. The lowest BCUT2D eigenvalue weighted by atomic mass is 10.5. The third kappa shape index (κ3) is 4.75. The van der Waals surface area contributed by atoms with E-state index in [1.54, 1.807) is 0 Å². The summed E-state index contributed by atoms with van der Waals surface area (Å²) in [6.07, 6.45) is 0.167. The highest BCUT2D eigenvalue weighted by molar-refractivity contribution is 6.28. The van der Waals surface area contributed by atoms with Gasteiger partial charge in [0.1, 0.15) is 6.61 Å². The van der Waals surface area contributed by atoms with Crippen LogP contribution in [0.1, 0.15) is 13.8 Å². The van der Waals surface area contributed by atoms with Gasteiger partial charge in [-0.15, -0.1) is 0 Å². The first kappa shape index (κ1) is 11.9. The van der Waals surface area contributed by atoms with Crippen molar-refractivity contribution in [1.82, 2.24) is 15.0 Å². The van der Waals surface area contributed by atoms with Crippen LogP contribution in [0.3, 0.4) is 0 Å². The number of nitrogen functional groups attached to an aromatic ring is 1. The highest BCUT2D eigenvalue weighted by Crippen LogP contribution is 2.08. The molecule has 0 aliphatic carbocycles. The molecular formula is C8H13ClN4O2. The zero-order valence-electron chi connectivity index (χ0n) is 8.61. The molecule has 0 aromatic carbocycles. The zero-order chi connectivity index (χ0) is 11.3. The van der Waals surface area contributed by atoms with Crippen molar-refractivity contribution >= 4 is 17.5 Å². The van der Waals surface area contributed by atoms with Crippen LogP contribution in [-0.2, 0) is 4.74 Å². The Bertz CT molecular complexity index is 301. The lowest BCUT2D eigenvalue weighted by Crippen LogP contribution is -2.13. The predicted octanol–water partition coefficient (Wildman–Crippen LogP) is 0.911. The summed E-state index contributed by atoms with van der Waals surface area (Å²) < 4.78 is 10.4. The molecule has 1 heterocycles. The van der Waals surface area contributed by atoms with E-state index in [0.29, 0.717) is 13.2 Å². The highest BCUT2D eigenvalue weighted by Gasteiger charge is 2.03. The minimum Gasteiger partial charge on any atom is -0.461 e. The Labute approximate surface area is 92.8 Å². The molecule has 0 bridgehead atoms. The van der Waals surface area contributed by atoms with Crippen molar-refractivity contribution in [2.45, 2.75) is 20.0 Å². The van der Waals surface area contributed by atoms with Crippen molar-refractivity contribution in [3.63, 3.8) is 0 Å². The smallest absolute Gasteiger partial charge is 0.322 e. The molecule has 1 rings (SSSR count). The van der Waals surface area contributed by atoms with Crippen molar-refractivity contribution in [2.24, 2.45) is 0 Å². The maximum Gasteiger partial charge on any atom is 0.322 e. The Hall–Kier alpha value is -1.14. The fraction of sp³-hybridized carbons (Fsp3) is 0.625. The molecule has 15 heavy (non-hydrogen) atoms. The average Bonchev–Trinajstić information content (AvgIpc) is 2.10. The largest absolute Gasteiger partial charge is 0.461 e. The van der Waals surface area contributed by atoms with Gasteiger partial charge in [0, 0.05) is 0 Å². The molecule has 0 fully saturated rings. The number of halogens is 1.